The van der Waals surface area contributed by atoms with Gasteiger partial charge in [0.2, 0.25) is 5.91 Å². The van der Waals surface area contributed by atoms with Crippen molar-refractivity contribution < 1.29 is 9.53 Å². The highest BCUT2D eigenvalue weighted by Gasteiger charge is 2.08. The molecule has 1 aromatic heterocycles. The Bertz CT molecular complexity index is 625. The molecule has 0 aliphatic rings. The van der Waals surface area contributed by atoms with Crippen molar-refractivity contribution in [3.05, 3.63) is 29.6 Å². The van der Waals surface area contributed by atoms with Crippen molar-refractivity contribution in [2.24, 2.45) is 5.73 Å². The Balaban J connectivity index is 1.89. The van der Waals surface area contributed by atoms with Crippen LogP contribution in [0.4, 0.5) is 5.13 Å². The number of carbonyl (C=O) groups is 1. The number of amides is 1. The molecule has 0 fully saturated rings. The van der Waals surface area contributed by atoms with Gasteiger partial charge in [0.1, 0.15) is 5.75 Å². The van der Waals surface area contributed by atoms with Crippen LogP contribution in [0, 0.1) is 0 Å². The van der Waals surface area contributed by atoms with Crippen LogP contribution in [0.1, 0.15) is 39.0 Å². The average molecular weight is 347 g/mol. The molecule has 24 heavy (non-hydrogen) atoms. The van der Waals surface area contributed by atoms with E-state index in [4.69, 9.17) is 10.5 Å². The SMILES string of the molecule is CCCCCOc1ccc(-c2csc(NC(=O)CCCN)n2)cc1. The monoisotopic (exact) mass is 347 g/mol. The summed E-state index contributed by atoms with van der Waals surface area (Å²) in [6, 6.07) is 7.90. The van der Waals surface area contributed by atoms with E-state index in [2.05, 4.69) is 17.2 Å². The minimum absolute atomic E-state index is 0.0443. The summed E-state index contributed by atoms with van der Waals surface area (Å²) < 4.78 is 5.71. The van der Waals surface area contributed by atoms with Gasteiger partial charge in [-0.15, -0.1) is 11.3 Å². The van der Waals surface area contributed by atoms with Gasteiger partial charge < -0.3 is 15.8 Å². The lowest BCUT2D eigenvalue weighted by Crippen LogP contribution is -2.13. The third-order valence-corrected chi connectivity index (χ3v) is 4.28. The summed E-state index contributed by atoms with van der Waals surface area (Å²) in [5.74, 6) is 0.831. The van der Waals surface area contributed by atoms with Gasteiger partial charge in [-0.3, -0.25) is 4.79 Å². The first-order valence-electron chi connectivity index (χ1n) is 8.41. The van der Waals surface area contributed by atoms with E-state index in [-0.39, 0.29) is 5.91 Å². The number of thiazole rings is 1. The van der Waals surface area contributed by atoms with Gasteiger partial charge in [0.25, 0.3) is 0 Å². The number of aromatic nitrogens is 1. The second kappa shape index (κ2) is 10.1. The molecule has 0 atom stereocenters. The summed E-state index contributed by atoms with van der Waals surface area (Å²) in [5, 5.41) is 5.36. The number of nitrogens with two attached hydrogens (primary N) is 1. The zero-order valence-electron chi connectivity index (χ0n) is 14.1. The highest BCUT2D eigenvalue weighted by atomic mass is 32.1. The number of hydrogen-bond acceptors (Lipinski definition) is 5. The third kappa shape index (κ3) is 5.94. The molecular weight excluding hydrogens is 322 g/mol. The topological polar surface area (TPSA) is 77.2 Å². The van der Waals surface area contributed by atoms with Crippen LogP contribution >= 0.6 is 11.3 Å². The van der Waals surface area contributed by atoms with Crippen LogP contribution in [0.5, 0.6) is 5.75 Å². The lowest BCUT2D eigenvalue weighted by Gasteiger charge is -2.06. The number of ether oxygens (including phenoxy) is 1. The number of unbranched alkanes of at least 4 members (excludes halogenated alkanes) is 2. The maximum Gasteiger partial charge on any atom is 0.226 e. The normalized spacial score (nSPS) is 10.6. The van der Waals surface area contributed by atoms with E-state index >= 15 is 0 Å². The molecule has 1 heterocycles. The van der Waals surface area contributed by atoms with E-state index in [1.54, 1.807) is 0 Å². The van der Waals surface area contributed by atoms with Crippen LogP contribution in [0.3, 0.4) is 0 Å². The number of rotatable bonds is 10. The molecule has 5 nitrogen and oxygen atoms in total. The Labute approximate surface area is 147 Å². The first-order valence-corrected chi connectivity index (χ1v) is 9.29. The minimum atomic E-state index is -0.0443. The molecule has 130 valence electrons. The summed E-state index contributed by atoms with van der Waals surface area (Å²) in [6.45, 7) is 3.45. The van der Waals surface area contributed by atoms with Crippen LogP contribution in [0.25, 0.3) is 11.3 Å². The molecule has 2 rings (SSSR count). The average Bonchev–Trinajstić information content (AvgIpc) is 3.06. The third-order valence-electron chi connectivity index (χ3n) is 3.53. The summed E-state index contributed by atoms with van der Waals surface area (Å²) in [5.41, 5.74) is 7.27. The van der Waals surface area contributed by atoms with Gasteiger partial charge in [0.05, 0.1) is 12.3 Å². The predicted octanol–water partition coefficient (Wildman–Crippen LogP) is 4.06. The fraction of sp³-hybridized carbons (Fsp3) is 0.444. The lowest BCUT2D eigenvalue weighted by molar-refractivity contribution is -0.116. The highest BCUT2D eigenvalue weighted by Crippen LogP contribution is 2.26. The molecule has 0 spiro atoms. The van der Waals surface area contributed by atoms with E-state index in [0.29, 0.717) is 24.5 Å². The van der Waals surface area contributed by atoms with Crippen LogP contribution in [0.15, 0.2) is 29.6 Å². The van der Waals surface area contributed by atoms with Gasteiger partial charge in [-0.05, 0) is 43.7 Å². The van der Waals surface area contributed by atoms with Gasteiger partial charge in [-0.25, -0.2) is 4.98 Å². The summed E-state index contributed by atoms with van der Waals surface area (Å²) in [4.78, 5) is 16.2. The lowest BCUT2D eigenvalue weighted by atomic mass is 10.2. The van der Waals surface area contributed by atoms with Gasteiger partial charge in [-0.2, -0.15) is 0 Å². The molecule has 0 saturated carbocycles. The predicted molar refractivity (Wildman–Crippen MR) is 99.5 cm³/mol. The quantitative estimate of drug-likeness (QED) is 0.636. The van der Waals surface area contributed by atoms with Gasteiger partial charge >= 0.3 is 0 Å². The van der Waals surface area contributed by atoms with Crippen molar-refractivity contribution in [1.82, 2.24) is 4.98 Å². The molecule has 0 bridgehead atoms. The summed E-state index contributed by atoms with van der Waals surface area (Å²) in [6.07, 6.45) is 4.57. The molecule has 1 aromatic carbocycles. The van der Waals surface area contributed by atoms with Crippen molar-refractivity contribution in [3.8, 4) is 17.0 Å². The Morgan fingerprint density at radius 3 is 2.75 bits per heavy atom. The van der Waals surface area contributed by atoms with Crippen LogP contribution in [-0.2, 0) is 4.79 Å². The maximum atomic E-state index is 11.7. The number of nitrogens with one attached hydrogen (secondary N) is 1. The molecule has 0 unspecified atom stereocenters. The van der Waals surface area contributed by atoms with Gasteiger partial charge in [0, 0.05) is 17.4 Å². The summed E-state index contributed by atoms with van der Waals surface area (Å²) >= 11 is 1.42. The molecule has 1 amide bonds. The Hall–Kier alpha value is -1.92. The Morgan fingerprint density at radius 1 is 1.25 bits per heavy atom. The number of hydrogen-bond donors (Lipinski definition) is 2. The largest absolute Gasteiger partial charge is 0.494 e. The van der Waals surface area contributed by atoms with Gasteiger partial charge in [0.15, 0.2) is 5.13 Å². The van der Waals surface area contributed by atoms with E-state index in [0.717, 1.165) is 30.0 Å². The van der Waals surface area contributed by atoms with Crippen molar-refractivity contribution in [3.63, 3.8) is 0 Å². The van der Waals surface area contributed by atoms with Gasteiger partial charge in [-0.1, -0.05) is 19.8 Å². The molecule has 6 heteroatoms. The van der Waals surface area contributed by atoms with E-state index in [9.17, 15) is 4.79 Å². The molecule has 0 aliphatic carbocycles. The van der Waals surface area contributed by atoms with Crippen molar-refractivity contribution in [2.75, 3.05) is 18.5 Å². The van der Waals surface area contributed by atoms with Crippen LogP contribution in [-0.4, -0.2) is 24.0 Å². The smallest absolute Gasteiger partial charge is 0.226 e. The Morgan fingerprint density at radius 2 is 2.04 bits per heavy atom. The minimum Gasteiger partial charge on any atom is -0.494 e. The second-order valence-electron chi connectivity index (χ2n) is 5.56. The fourth-order valence-corrected chi connectivity index (χ4v) is 2.91. The number of carbonyl (C=O) groups excluding carboxylic acids is 1. The first-order chi connectivity index (χ1) is 11.7. The van der Waals surface area contributed by atoms with Crippen molar-refractivity contribution in [2.45, 2.75) is 39.0 Å². The zero-order chi connectivity index (χ0) is 17.2. The highest BCUT2D eigenvalue weighted by molar-refractivity contribution is 7.14. The standard InChI is InChI=1S/C18H25N3O2S/c1-2-3-4-12-23-15-9-7-14(8-10-15)16-13-24-18(20-16)21-17(22)6-5-11-19/h7-10,13H,2-6,11-12,19H2,1H3,(H,20,21,22). The fourth-order valence-electron chi connectivity index (χ4n) is 2.17. The van der Waals surface area contributed by atoms with Crippen LogP contribution in [0.2, 0.25) is 0 Å². The molecule has 3 N–H and O–H groups in total. The molecule has 0 saturated heterocycles. The number of anilines is 1. The first kappa shape index (κ1) is 18.4. The molecule has 0 aliphatic heterocycles. The number of benzene rings is 1. The van der Waals surface area contributed by atoms with E-state index in [1.165, 1.54) is 24.2 Å². The molecular formula is C18H25N3O2S. The van der Waals surface area contributed by atoms with Crippen molar-refractivity contribution >= 4 is 22.4 Å². The molecule has 2 aromatic rings. The molecule has 0 radical (unpaired) electrons. The van der Waals surface area contributed by atoms with Crippen LogP contribution < -0.4 is 15.8 Å². The maximum absolute atomic E-state index is 11.7. The Kier molecular flexibility index (Phi) is 7.71. The zero-order valence-corrected chi connectivity index (χ0v) is 14.9. The summed E-state index contributed by atoms with van der Waals surface area (Å²) in [7, 11) is 0. The second-order valence-corrected chi connectivity index (χ2v) is 6.42. The van der Waals surface area contributed by atoms with E-state index < -0.39 is 0 Å². The number of nitrogens with zero attached hydrogens (tertiary/aromatic N) is 1. The van der Waals surface area contributed by atoms with Crippen molar-refractivity contribution in [1.29, 1.82) is 0 Å². The van der Waals surface area contributed by atoms with E-state index in [1.807, 2.05) is 29.6 Å².